The van der Waals surface area contributed by atoms with Gasteiger partial charge < -0.3 is 5.11 Å². The monoisotopic (exact) mass is 323 g/mol. The van der Waals surface area contributed by atoms with Crippen LogP contribution in [0.4, 0.5) is 0 Å². The molecule has 1 saturated heterocycles. The van der Waals surface area contributed by atoms with Crippen molar-refractivity contribution in [2.24, 2.45) is 0 Å². The minimum Gasteiger partial charge on any atom is -0.478 e. The second-order valence-electron chi connectivity index (χ2n) is 4.96. The number of aromatic nitrogens is 2. The van der Waals surface area contributed by atoms with E-state index in [0.717, 1.165) is 35.8 Å². The van der Waals surface area contributed by atoms with Crippen LogP contribution in [0.2, 0.25) is 5.02 Å². The third-order valence-corrected chi connectivity index (χ3v) is 4.99. The van der Waals surface area contributed by atoms with Crippen LogP contribution in [-0.4, -0.2) is 32.5 Å². The van der Waals surface area contributed by atoms with Gasteiger partial charge in [0, 0.05) is 23.8 Å². The number of hydrogen-bond acceptors (Lipinski definition) is 5. The Bertz CT molecular complexity index is 644. The summed E-state index contributed by atoms with van der Waals surface area (Å²) in [6.45, 7) is 1.76. The SMILES string of the molecule is O=C(O)c1cnc(C2CCCN2Cc2sccc2Cl)nc1. The van der Waals surface area contributed by atoms with Crippen LogP contribution in [0.3, 0.4) is 0 Å². The van der Waals surface area contributed by atoms with Crippen molar-refractivity contribution in [3.63, 3.8) is 0 Å². The molecule has 1 aliphatic rings. The predicted molar refractivity (Wildman–Crippen MR) is 80.7 cm³/mol. The summed E-state index contributed by atoms with van der Waals surface area (Å²) in [5.41, 5.74) is 0.115. The molecular formula is C14H14ClN3O2S. The molecule has 0 aromatic carbocycles. The highest BCUT2D eigenvalue weighted by Crippen LogP contribution is 2.33. The third kappa shape index (κ3) is 3.07. The van der Waals surface area contributed by atoms with Gasteiger partial charge in [0.1, 0.15) is 5.82 Å². The normalized spacial score (nSPS) is 19.0. The summed E-state index contributed by atoms with van der Waals surface area (Å²) in [5.74, 6) is -0.319. The largest absolute Gasteiger partial charge is 0.478 e. The molecular weight excluding hydrogens is 310 g/mol. The van der Waals surface area contributed by atoms with Crippen molar-refractivity contribution in [1.82, 2.24) is 14.9 Å². The Hall–Kier alpha value is -1.50. The predicted octanol–water partition coefficient (Wildman–Crippen LogP) is 3.23. The molecule has 3 rings (SSSR count). The maximum absolute atomic E-state index is 10.8. The molecule has 0 saturated carbocycles. The topological polar surface area (TPSA) is 66.3 Å². The van der Waals surface area contributed by atoms with Crippen molar-refractivity contribution in [2.75, 3.05) is 6.54 Å². The highest BCUT2D eigenvalue weighted by atomic mass is 35.5. The van der Waals surface area contributed by atoms with E-state index in [0.29, 0.717) is 5.82 Å². The number of nitrogens with zero attached hydrogens (tertiary/aromatic N) is 3. The molecule has 21 heavy (non-hydrogen) atoms. The van der Waals surface area contributed by atoms with E-state index < -0.39 is 5.97 Å². The van der Waals surface area contributed by atoms with Gasteiger partial charge in [-0.15, -0.1) is 11.3 Å². The van der Waals surface area contributed by atoms with Crippen LogP contribution in [0.5, 0.6) is 0 Å². The van der Waals surface area contributed by atoms with E-state index in [9.17, 15) is 4.79 Å². The number of halogens is 1. The van der Waals surface area contributed by atoms with Gasteiger partial charge in [-0.25, -0.2) is 14.8 Å². The van der Waals surface area contributed by atoms with Gasteiger partial charge in [0.15, 0.2) is 0 Å². The van der Waals surface area contributed by atoms with Gasteiger partial charge in [0.2, 0.25) is 0 Å². The molecule has 2 aromatic rings. The lowest BCUT2D eigenvalue weighted by molar-refractivity contribution is 0.0695. The summed E-state index contributed by atoms with van der Waals surface area (Å²) in [6.07, 6.45) is 4.81. The molecule has 0 aliphatic carbocycles. The number of hydrogen-bond donors (Lipinski definition) is 1. The number of carboxylic acids is 1. The fourth-order valence-electron chi connectivity index (χ4n) is 2.55. The lowest BCUT2D eigenvalue weighted by Crippen LogP contribution is -2.24. The van der Waals surface area contributed by atoms with Crippen molar-refractivity contribution < 1.29 is 9.90 Å². The summed E-state index contributed by atoms with van der Waals surface area (Å²) >= 11 is 7.80. The zero-order valence-corrected chi connectivity index (χ0v) is 12.8. The Balaban J connectivity index is 1.77. The van der Waals surface area contributed by atoms with Gasteiger partial charge in [-0.3, -0.25) is 4.90 Å². The summed E-state index contributed by atoms with van der Waals surface area (Å²) in [4.78, 5) is 22.7. The van der Waals surface area contributed by atoms with Crippen molar-refractivity contribution >= 4 is 28.9 Å². The average Bonchev–Trinajstić information content (AvgIpc) is 3.09. The van der Waals surface area contributed by atoms with Gasteiger partial charge in [-0.05, 0) is 30.8 Å². The van der Waals surface area contributed by atoms with E-state index >= 15 is 0 Å². The molecule has 1 fully saturated rings. The van der Waals surface area contributed by atoms with Crippen LogP contribution in [-0.2, 0) is 6.54 Å². The first-order valence-electron chi connectivity index (χ1n) is 6.66. The maximum Gasteiger partial charge on any atom is 0.338 e. The van der Waals surface area contributed by atoms with Crippen molar-refractivity contribution in [2.45, 2.75) is 25.4 Å². The van der Waals surface area contributed by atoms with E-state index in [1.54, 1.807) is 11.3 Å². The molecule has 1 aliphatic heterocycles. The summed E-state index contributed by atoms with van der Waals surface area (Å²) < 4.78 is 0. The molecule has 0 amide bonds. The van der Waals surface area contributed by atoms with E-state index in [1.165, 1.54) is 12.4 Å². The molecule has 1 atom stereocenters. The molecule has 1 unspecified atom stereocenters. The van der Waals surface area contributed by atoms with Crippen LogP contribution < -0.4 is 0 Å². The standard InChI is InChI=1S/C14H14ClN3O2S/c15-10-3-5-21-12(10)8-18-4-1-2-11(18)13-16-6-9(7-17-13)14(19)20/h3,5-7,11H,1-2,4,8H2,(H,19,20). The van der Waals surface area contributed by atoms with Gasteiger partial charge in [-0.2, -0.15) is 0 Å². The average molecular weight is 324 g/mol. The number of rotatable bonds is 4. The van der Waals surface area contributed by atoms with E-state index in [-0.39, 0.29) is 11.6 Å². The zero-order chi connectivity index (χ0) is 14.8. The summed E-state index contributed by atoms with van der Waals surface area (Å²) in [7, 11) is 0. The Labute approximate surface area is 131 Å². The first kappa shape index (κ1) is 14.4. The Morgan fingerprint density at radius 2 is 2.24 bits per heavy atom. The zero-order valence-electron chi connectivity index (χ0n) is 11.2. The fraction of sp³-hybridized carbons (Fsp3) is 0.357. The Kier molecular flexibility index (Phi) is 4.19. The molecule has 3 heterocycles. The molecule has 0 spiro atoms. The smallest absolute Gasteiger partial charge is 0.338 e. The first-order valence-corrected chi connectivity index (χ1v) is 7.92. The molecule has 2 aromatic heterocycles. The van der Waals surface area contributed by atoms with Gasteiger partial charge in [0.05, 0.1) is 16.6 Å². The van der Waals surface area contributed by atoms with Gasteiger partial charge in [-0.1, -0.05) is 11.6 Å². The summed E-state index contributed by atoms with van der Waals surface area (Å²) in [6, 6.07) is 2.04. The van der Waals surface area contributed by atoms with Crippen molar-refractivity contribution in [3.8, 4) is 0 Å². The number of aromatic carboxylic acids is 1. The fourth-order valence-corrected chi connectivity index (χ4v) is 3.67. The van der Waals surface area contributed by atoms with Crippen LogP contribution in [0.1, 0.15) is 39.9 Å². The van der Waals surface area contributed by atoms with Crippen molar-refractivity contribution in [3.05, 3.63) is 45.1 Å². The van der Waals surface area contributed by atoms with Crippen LogP contribution in [0.15, 0.2) is 23.8 Å². The van der Waals surface area contributed by atoms with Crippen LogP contribution in [0, 0.1) is 0 Å². The molecule has 0 bridgehead atoms. The minimum atomic E-state index is -1.00. The first-order chi connectivity index (χ1) is 10.1. The van der Waals surface area contributed by atoms with Gasteiger partial charge in [0.25, 0.3) is 0 Å². The quantitative estimate of drug-likeness (QED) is 0.935. The second-order valence-corrected chi connectivity index (χ2v) is 6.36. The van der Waals surface area contributed by atoms with E-state index in [1.807, 2.05) is 11.4 Å². The maximum atomic E-state index is 10.8. The summed E-state index contributed by atoms with van der Waals surface area (Å²) in [5, 5.41) is 11.7. The van der Waals surface area contributed by atoms with E-state index in [4.69, 9.17) is 16.7 Å². The molecule has 5 nitrogen and oxygen atoms in total. The van der Waals surface area contributed by atoms with Gasteiger partial charge >= 0.3 is 5.97 Å². The van der Waals surface area contributed by atoms with E-state index in [2.05, 4.69) is 14.9 Å². The van der Waals surface area contributed by atoms with Crippen molar-refractivity contribution in [1.29, 1.82) is 0 Å². The molecule has 1 N–H and O–H groups in total. The molecule has 110 valence electrons. The highest BCUT2D eigenvalue weighted by Gasteiger charge is 2.29. The lowest BCUT2D eigenvalue weighted by atomic mass is 10.2. The van der Waals surface area contributed by atoms with Crippen LogP contribution >= 0.6 is 22.9 Å². The number of likely N-dealkylation sites (tertiary alicyclic amines) is 1. The van der Waals surface area contributed by atoms with Crippen LogP contribution in [0.25, 0.3) is 0 Å². The lowest BCUT2D eigenvalue weighted by Gasteiger charge is -2.22. The minimum absolute atomic E-state index is 0.115. The number of carboxylic acid groups (broad SMARTS) is 1. The number of carbonyl (C=O) groups is 1. The molecule has 0 radical (unpaired) electrons. The highest BCUT2D eigenvalue weighted by molar-refractivity contribution is 7.10. The molecule has 7 heteroatoms. The third-order valence-electron chi connectivity index (χ3n) is 3.62. The second kappa shape index (κ2) is 6.09. The number of thiophene rings is 1. The Morgan fingerprint density at radius 3 is 2.86 bits per heavy atom. The Morgan fingerprint density at radius 1 is 1.48 bits per heavy atom.